The van der Waals surface area contributed by atoms with Crippen LogP contribution < -0.4 is 37.7 Å². The van der Waals surface area contributed by atoms with E-state index in [1.165, 1.54) is 0 Å². The normalized spacial score (nSPS) is 0. The minimum absolute atomic E-state index is 0. The molecule has 0 saturated heterocycles. The fourth-order valence-electron chi connectivity index (χ4n) is 0. The van der Waals surface area contributed by atoms with E-state index in [9.17, 15) is 0 Å². The van der Waals surface area contributed by atoms with E-state index >= 15 is 0 Å². The Morgan fingerprint density at radius 3 is 0.833 bits per heavy atom. The predicted molar refractivity (Wildman–Crippen MR) is 6.44 cm³/mol. The molecule has 0 saturated carbocycles. The molecule has 0 heterocycles. The summed E-state index contributed by atoms with van der Waals surface area (Å²) in [7, 11) is 0. The van der Waals surface area contributed by atoms with E-state index in [0.29, 0.717) is 0 Å². The van der Waals surface area contributed by atoms with Gasteiger partial charge in [0.25, 0.3) is 0 Å². The molecule has 0 aliphatic heterocycles. The van der Waals surface area contributed by atoms with Gasteiger partial charge >= 0.3 is 88.4 Å². The summed E-state index contributed by atoms with van der Waals surface area (Å²) < 4.78 is 0. The fourth-order valence-corrected chi connectivity index (χ4v) is 0. The Bertz CT molecular complexity index is 13.5. The molecule has 0 aliphatic carbocycles. The molecule has 0 amide bonds. The Balaban J connectivity index is 0. The first kappa shape index (κ1) is 71.1. The fraction of sp³-hybridized carbons (Fsp3) is 0. The van der Waals surface area contributed by atoms with Gasteiger partial charge in [0.15, 0.2) is 0 Å². The number of rotatable bonds is 0. The Morgan fingerprint density at radius 1 is 0.833 bits per heavy atom. The Labute approximate surface area is 92.7 Å². The molecule has 0 aromatic heterocycles. The number of hydrogen-bond donors (Lipinski definition) is 0. The van der Waals surface area contributed by atoms with E-state index in [1.54, 1.807) is 0 Å². The molecule has 0 aromatic rings. The summed E-state index contributed by atoms with van der Waals surface area (Å²) in [5.41, 5.74) is 0. The van der Waals surface area contributed by atoms with Crippen molar-refractivity contribution in [2.75, 3.05) is 0 Å². The van der Waals surface area contributed by atoms with Crippen LogP contribution in [-0.4, -0.2) is 17.4 Å². The third kappa shape index (κ3) is 30.0. The molecule has 6 heavy (non-hydrogen) atoms. The Hall–Kier alpha value is 2.69. The van der Waals surface area contributed by atoms with Crippen LogP contribution in [0.2, 0.25) is 0 Å². The van der Waals surface area contributed by atoms with Gasteiger partial charge in [0, 0.05) is 0 Å². The summed E-state index contributed by atoms with van der Waals surface area (Å²) >= 11 is 0. The van der Waals surface area contributed by atoms with Gasteiger partial charge in [0.1, 0.15) is 0 Å². The van der Waals surface area contributed by atoms with Crippen molar-refractivity contribution in [3.05, 3.63) is 0 Å². The molecule has 0 aromatic carbocycles. The first-order valence-electron chi connectivity index (χ1n) is 0. The van der Waals surface area contributed by atoms with Gasteiger partial charge in [0.2, 0.25) is 0 Å². The van der Waals surface area contributed by atoms with Crippen LogP contribution in [0.1, 0.15) is 0 Å². The Morgan fingerprint density at radius 2 is 0.833 bits per heavy atom. The van der Waals surface area contributed by atoms with E-state index in [4.69, 9.17) is 0 Å². The maximum Gasteiger partial charge on any atom is 3.00 e. The molecule has 1 radical (unpaired) electrons. The second-order valence-corrected chi connectivity index (χ2v) is 0. The third-order valence-electron chi connectivity index (χ3n) is 0. The molecule has 23 valence electrons. The maximum absolute atomic E-state index is 0. The van der Waals surface area contributed by atoms with Crippen molar-refractivity contribution in [2.45, 2.75) is 0 Å². The van der Waals surface area contributed by atoms with Gasteiger partial charge in [-0.3, -0.25) is 0 Å². The van der Waals surface area contributed by atoms with Crippen molar-refractivity contribution in [3.8, 4) is 0 Å². The zero-order valence-corrected chi connectivity index (χ0v) is 6.82. The van der Waals surface area contributed by atoms with Crippen LogP contribution in [0.15, 0.2) is 0 Å². The van der Waals surface area contributed by atoms with Crippen molar-refractivity contribution >= 4 is 17.4 Å². The average Bonchev–Trinajstić information content (AvgIpc) is 0. The minimum atomic E-state index is 0. The van der Waals surface area contributed by atoms with Gasteiger partial charge in [-0.25, -0.2) is 0 Å². The zero-order valence-electron chi connectivity index (χ0n) is 3.64. The molecular formula is AlCoLi2NiO+7. The molecule has 1 nitrogen and oxygen atoms in total. The standard InChI is InChI=1S/Al.Co.2Li.Ni.O/q+3;+2;2*+1;+2;-2. The minimum Gasteiger partial charge on any atom is -2.00 e. The largest absolute Gasteiger partial charge is 3.00 e. The topological polar surface area (TPSA) is 28.5 Å². The van der Waals surface area contributed by atoms with Crippen molar-refractivity contribution in [1.82, 2.24) is 0 Å². The van der Waals surface area contributed by atoms with Crippen molar-refractivity contribution in [1.29, 1.82) is 0 Å². The van der Waals surface area contributed by atoms with E-state index in [1.807, 2.05) is 0 Å². The van der Waals surface area contributed by atoms with Gasteiger partial charge in [-0.1, -0.05) is 0 Å². The molecule has 0 aliphatic rings. The second-order valence-electron chi connectivity index (χ2n) is 0. The molecule has 0 spiro atoms. The van der Waals surface area contributed by atoms with Crippen LogP contribution >= 0.6 is 0 Å². The van der Waals surface area contributed by atoms with Crippen molar-refractivity contribution < 1.29 is 76.5 Å². The van der Waals surface area contributed by atoms with E-state index in [2.05, 4.69) is 0 Å². The van der Waals surface area contributed by atoms with Gasteiger partial charge in [-0.05, 0) is 0 Å². The summed E-state index contributed by atoms with van der Waals surface area (Å²) in [6.07, 6.45) is 0. The van der Waals surface area contributed by atoms with Crippen LogP contribution in [0.3, 0.4) is 0 Å². The molecule has 0 bridgehead atoms. The quantitative estimate of drug-likeness (QED) is 0.327. The number of hydrogen-bond acceptors (Lipinski definition) is 0. The van der Waals surface area contributed by atoms with Crippen molar-refractivity contribution in [3.63, 3.8) is 0 Å². The van der Waals surface area contributed by atoms with Crippen LogP contribution in [0.4, 0.5) is 0 Å². The summed E-state index contributed by atoms with van der Waals surface area (Å²) in [5.74, 6) is 0. The van der Waals surface area contributed by atoms with Crippen LogP contribution in [0.5, 0.6) is 0 Å². The first-order chi connectivity index (χ1) is 0. The molecule has 0 fully saturated rings. The van der Waals surface area contributed by atoms with Gasteiger partial charge in [-0.15, -0.1) is 0 Å². The SMILES string of the molecule is [Al+3].[Co+2].[Li+].[Li+].[Ni+2].[O-2]. The zero-order chi connectivity index (χ0) is 0. The maximum atomic E-state index is 0. The third-order valence-corrected chi connectivity index (χ3v) is 0. The smallest absolute Gasteiger partial charge is 2.00 e. The molecular weight excluding hydrogens is 174 g/mol. The monoisotopic (exact) mass is 174 g/mol. The summed E-state index contributed by atoms with van der Waals surface area (Å²) in [6, 6.07) is 0. The Kier molecular flexibility index (Phi) is 564. The summed E-state index contributed by atoms with van der Waals surface area (Å²) in [5, 5.41) is 0. The van der Waals surface area contributed by atoms with Crippen LogP contribution in [-0.2, 0) is 38.7 Å². The average molecular weight is 174 g/mol. The molecule has 0 rings (SSSR count). The van der Waals surface area contributed by atoms with E-state index < -0.39 is 0 Å². The van der Waals surface area contributed by atoms with Gasteiger partial charge in [-0.2, -0.15) is 0 Å². The van der Waals surface area contributed by atoms with E-state index in [0.717, 1.165) is 0 Å². The molecule has 0 atom stereocenters. The van der Waals surface area contributed by atoms with Gasteiger partial charge < -0.3 is 5.48 Å². The van der Waals surface area contributed by atoms with Crippen LogP contribution in [0.25, 0.3) is 0 Å². The summed E-state index contributed by atoms with van der Waals surface area (Å²) in [6.45, 7) is 0. The molecule has 0 unspecified atom stereocenters. The summed E-state index contributed by atoms with van der Waals surface area (Å²) in [4.78, 5) is 0. The van der Waals surface area contributed by atoms with Crippen molar-refractivity contribution in [2.24, 2.45) is 0 Å². The van der Waals surface area contributed by atoms with Gasteiger partial charge in [0.05, 0.1) is 0 Å². The predicted octanol–water partition coefficient (Wildman–Crippen LogP) is -6.50. The van der Waals surface area contributed by atoms with Crippen LogP contribution in [0, 0.1) is 0 Å². The second kappa shape index (κ2) is 47.6. The molecule has 0 N–H and O–H groups in total. The first-order valence-corrected chi connectivity index (χ1v) is 0. The molecule has 6 heteroatoms. The van der Waals surface area contributed by atoms with E-state index in [-0.39, 0.29) is 93.8 Å².